The molecule has 116 valence electrons. The summed E-state index contributed by atoms with van der Waals surface area (Å²) in [6.07, 6.45) is 0.385. The zero-order valence-electron chi connectivity index (χ0n) is 12.4. The van der Waals surface area contributed by atoms with Crippen molar-refractivity contribution in [1.82, 2.24) is 0 Å². The van der Waals surface area contributed by atoms with E-state index in [-0.39, 0.29) is 18.9 Å². The van der Waals surface area contributed by atoms with Crippen LogP contribution in [-0.2, 0) is 6.42 Å². The summed E-state index contributed by atoms with van der Waals surface area (Å²) < 4.78 is 5.51. The molecule has 0 heterocycles. The Morgan fingerprint density at radius 2 is 1.77 bits per heavy atom. The molecule has 2 aromatic carbocycles. The van der Waals surface area contributed by atoms with Gasteiger partial charge in [-0.15, -0.1) is 0 Å². The first-order valence-electron chi connectivity index (χ1n) is 7.38. The first-order chi connectivity index (χ1) is 10.7. The predicted molar refractivity (Wildman–Crippen MR) is 86.1 cm³/mol. The molecule has 4 nitrogen and oxygen atoms in total. The molecule has 0 amide bonds. The van der Waals surface area contributed by atoms with Gasteiger partial charge < -0.3 is 15.6 Å². The summed E-state index contributed by atoms with van der Waals surface area (Å²) in [5.74, 6) is 0.523. The van der Waals surface area contributed by atoms with Crippen molar-refractivity contribution in [3.8, 4) is 5.75 Å². The fourth-order valence-electron chi connectivity index (χ4n) is 2.11. The van der Waals surface area contributed by atoms with Crippen LogP contribution in [0.2, 0.25) is 0 Å². The van der Waals surface area contributed by atoms with Crippen LogP contribution in [-0.4, -0.2) is 30.1 Å². The van der Waals surface area contributed by atoms with E-state index in [2.05, 4.69) is 0 Å². The zero-order valence-corrected chi connectivity index (χ0v) is 12.4. The number of nitrogens with two attached hydrogens (primary N) is 1. The Hall–Kier alpha value is -2.17. The van der Waals surface area contributed by atoms with Gasteiger partial charge in [0.25, 0.3) is 0 Å². The molecular weight excluding hydrogens is 278 g/mol. The molecule has 0 bridgehead atoms. The smallest absolute Gasteiger partial charge is 0.166 e. The number of Topliss-reactive ketones (excluding diaryl/α,β-unsaturated/α-hetero) is 1. The molecule has 0 unspecified atom stereocenters. The van der Waals surface area contributed by atoms with Gasteiger partial charge in [-0.05, 0) is 24.1 Å². The first-order valence-corrected chi connectivity index (χ1v) is 7.38. The number of carbonyl (C=O) groups excluding carboxylic acids is 1. The van der Waals surface area contributed by atoms with Gasteiger partial charge in [-0.1, -0.05) is 42.5 Å². The van der Waals surface area contributed by atoms with E-state index in [0.717, 1.165) is 5.56 Å². The highest BCUT2D eigenvalue weighted by Crippen LogP contribution is 2.20. The fraction of sp³-hybridized carbons (Fsp3) is 0.278. The second-order valence-electron chi connectivity index (χ2n) is 5.11. The van der Waals surface area contributed by atoms with E-state index < -0.39 is 6.10 Å². The lowest BCUT2D eigenvalue weighted by atomic mass is 10.0. The minimum absolute atomic E-state index is 0.0293. The Kier molecular flexibility index (Phi) is 6.13. The van der Waals surface area contributed by atoms with Crippen LogP contribution in [0.3, 0.4) is 0 Å². The number of carbonyl (C=O) groups is 1. The van der Waals surface area contributed by atoms with E-state index in [4.69, 9.17) is 10.5 Å². The average molecular weight is 299 g/mol. The van der Waals surface area contributed by atoms with Gasteiger partial charge in [0, 0.05) is 13.0 Å². The predicted octanol–water partition coefficient (Wildman–Crippen LogP) is 2.20. The van der Waals surface area contributed by atoms with Crippen LogP contribution in [0.5, 0.6) is 5.75 Å². The maximum Gasteiger partial charge on any atom is 0.166 e. The third kappa shape index (κ3) is 4.69. The summed E-state index contributed by atoms with van der Waals surface area (Å²) in [5.41, 5.74) is 7.03. The molecule has 0 saturated heterocycles. The number of hydrogen-bond donors (Lipinski definition) is 2. The standard InChI is InChI=1S/C18H21NO3/c19-12-15(20)13-22-18-9-5-4-8-16(18)17(21)11-10-14-6-2-1-3-7-14/h1-9,15,20H,10-13,19H2/t15-/m0/s1. The van der Waals surface area contributed by atoms with Gasteiger partial charge in [0.05, 0.1) is 5.56 Å². The number of aliphatic hydroxyl groups is 1. The summed E-state index contributed by atoms with van der Waals surface area (Å²) in [7, 11) is 0. The van der Waals surface area contributed by atoms with E-state index in [1.807, 2.05) is 36.4 Å². The molecule has 0 aromatic heterocycles. The van der Waals surface area contributed by atoms with Gasteiger partial charge in [-0.25, -0.2) is 0 Å². The van der Waals surface area contributed by atoms with Crippen LogP contribution in [0.4, 0.5) is 0 Å². The maximum atomic E-state index is 12.4. The minimum atomic E-state index is -0.729. The molecule has 0 spiro atoms. The SMILES string of the molecule is NC[C@H](O)COc1ccccc1C(=O)CCc1ccccc1. The van der Waals surface area contributed by atoms with E-state index >= 15 is 0 Å². The number of aryl methyl sites for hydroxylation is 1. The van der Waals surface area contributed by atoms with Gasteiger partial charge in [-0.2, -0.15) is 0 Å². The Labute approximate surface area is 130 Å². The largest absolute Gasteiger partial charge is 0.490 e. The van der Waals surface area contributed by atoms with Gasteiger partial charge in [0.2, 0.25) is 0 Å². The molecular formula is C18H21NO3. The van der Waals surface area contributed by atoms with Crippen LogP contribution >= 0.6 is 0 Å². The monoisotopic (exact) mass is 299 g/mol. The van der Waals surface area contributed by atoms with E-state index in [1.165, 1.54) is 0 Å². The topological polar surface area (TPSA) is 72.6 Å². The van der Waals surface area contributed by atoms with Crippen molar-refractivity contribution in [2.75, 3.05) is 13.2 Å². The second-order valence-corrected chi connectivity index (χ2v) is 5.11. The van der Waals surface area contributed by atoms with E-state index in [0.29, 0.717) is 24.2 Å². The minimum Gasteiger partial charge on any atom is -0.490 e. The van der Waals surface area contributed by atoms with E-state index in [9.17, 15) is 9.90 Å². The summed E-state index contributed by atoms with van der Waals surface area (Å²) in [6, 6.07) is 17.0. The molecule has 4 heteroatoms. The molecule has 2 rings (SSSR count). The molecule has 0 saturated carbocycles. The lowest BCUT2D eigenvalue weighted by molar-refractivity contribution is 0.0961. The van der Waals surface area contributed by atoms with Crippen molar-refractivity contribution in [3.63, 3.8) is 0 Å². The molecule has 0 aliphatic heterocycles. The van der Waals surface area contributed by atoms with Crippen LogP contribution in [0.15, 0.2) is 54.6 Å². The lowest BCUT2D eigenvalue weighted by Gasteiger charge is -2.13. The zero-order chi connectivity index (χ0) is 15.8. The van der Waals surface area contributed by atoms with Crippen LogP contribution in [0.1, 0.15) is 22.3 Å². The first kappa shape index (κ1) is 16.2. The quantitative estimate of drug-likeness (QED) is 0.733. The number of aliphatic hydroxyl groups excluding tert-OH is 1. The molecule has 0 aliphatic rings. The van der Waals surface area contributed by atoms with Crippen molar-refractivity contribution in [1.29, 1.82) is 0 Å². The molecule has 1 atom stereocenters. The summed E-state index contributed by atoms with van der Waals surface area (Å²) in [5, 5.41) is 9.47. The average Bonchev–Trinajstić information content (AvgIpc) is 2.58. The number of para-hydroxylation sites is 1. The van der Waals surface area contributed by atoms with Crippen molar-refractivity contribution < 1.29 is 14.6 Å². The van der Waals surface area contributed by atoms with Crippen molar-refractivity contribution in [2.24, 2.45) is 5.73 Å². The van der Waals surface area contributed by atoms with Crippen LogP contribution in [0, 0.1) is 0 Å². The third-order valence-corrected chi connectivity index (χ3v) is 3.37. The highest BCUT2D eigenvalue weighted by atomic mass is 16.5. The lowest BCUT2D eigenvalue weighted by Crippen LogP contribution is -2.27. The Balaban J connectivity index is 1.99. The van der Waals surface area contributed by atoms with Gasteiger partial charge in [-0.3, -0.25) is 4.79 Å². The van der Waals surface area contributed by atoms with Crippen LogP contribution < -0.4 is 10.5 Å². The number of ketones is 1. The van der Waals surface area contributed by atoms with Crippen molar-refractivity contribution >= 4 is 5.78 Å². The fourth-order valence-corrected chi connectivity index (χ4v) is 2.11. The highest BCUT2D eigenvalue weighted by molar-refractivity contribution is 5.98. The van der Waals surface area contributed by atoms with Crippen LogP contribution in [0.25, 0.3) is 0 Å². The molecule has 0 radical (unpaired) electrons. The summed E-state index contributed by atoms with van der Waals surface area (Å²) in [6.45, 7) is 0.212. The maximum absolute atomic E-state index is 12.4. The Morgan fingerprint density at radius 3 is 2.50 bits per heavy atom. The third-order valence-electron chi connectivity index (χ3n) is 3.37. The summed E-state index contributed by atoms with van der Waals surface area (Å²) >= 11 is 0. The van der Waals surface area contributed by atoms with Crippen molar-refractivity contribution in [3.05, 3.63) is 65.7 Å². The molecule has 22 heavy (non-hydrogen) atoms. The number of hydrogen-bond acceptors (Lipinski definition) is 4. The number of ether oxygens (including phenoxy) is 1. The number of rotatable bonds is 8. The Bertz CT molecular complexity index is 598. The van der Waals surface area contributed by atoms with Gasteiger partial charge in [0.15, 0.2) is 5.78 Å². The molecule has 2 aromatic rings. The van der Waals surface area contributed by atoms with Gasteiger partial charge in [0.1, 0.15) is 18.5 Å². The Morgan fingerprint density at radius 1 is 1.09 bits per heavy atom. The normalized spacial score (nSPS) is 11.9. The van der Waals surface area contributed by atoms with E-state index in [1.54, 1.807) is 18.2 Å². The second kappa shape index (κ2) is 8.32. The molecule has 3 N–H and O–H groups in total. The number of benzene rings is 2. The van der Waals surface area contributed by atoms with Gasteiger partial charge >= 0.3 is 0 Å². The van der Waals surface area contributed by atoms with Crippen molar-refractivity contribution in [2.45, 2.75) is 18.9 Å². The molecule has 0 aliphatic carbocycles. The highest BCUT2D eigenvalue weighted by Gasteiger charge is 2.13. The molecule has 0 fully saturated rings. The summed E-state index contributed by atoms with van der Waals surface area (Å²) in [4.78, 5) is 12.4.